The predicted molar refractivity (Wildman–Crippen MR) is 50.1 cm³/mol. The second-order valence-corrected chi connectivity index (χ2v) is 3.31. The van der Waals surface area contributed by atoms with Gasteiger partial charge in [-0.25, -0.2) is 4.99 Å². The van der Waals surface area contributed by atoms with Crippen LogP contribution in [0.15, 0.2) is 27.3 Å². The molecule has 1 unspecified atom stereocenters. The van der Waals surface area contributed by atoms with E-state index in [2.05, 4.69) is 11.9 Å². The molecule has 0 radical (unpaired) electrons. The third-order valence-electron chi connectivity index (χ3n) is 1.52. The molecular weight excluding hydrogens is 181 g/mol. The van der Waals surface area contributed by atoms with Crippen LogP contribution in [-0.2, 0) is 0 Å². The van der Waals surface area contributed by atoms with E-state index in [1.807, 2.05) is 0 Å². The first-order valence-corrected chi connectivity index (χ1v) is 4.21. The first-order valence-electron chi connectivity index (χ1n) is 3.45. The second kappa shape index (κ2) is 3.93. The van der Waals surface area contributed by atoms with E-state index in [0.717, 1.165) is 11.5 Å². The fraction of sp³-hybridized carbons (Fsp3) is 0.375. The Morgan fingerprint density at radius 2 is 2.18 bits per heavy atom. The minimum absolute atomic E-state index is 0.349. The van der Waals surface area contributed by atoms with Gasteiger partial charge >= 0.3 is 0 Å². The Hall–Kier alpha value is -0.270. The molecule has 1 aliphatic rings. The molecular formula is C8H9Cl2N. The highest BCUT2D eigenvalue weighted by molar-refractivity contribution is 6.31. The molecule has 0 N–H and O–H groups in total. The van der Waals surface area contributed by atoms with E-state index in [9.17, 15) is 0 Å². The lowest BCUT2D eigenvalue weighted by molar-refractivity contribution is 0.759. The molecule has 3 heteroatoms. The predicted octanol–water partition coefficient (Wildman–Crippen LogP) is 3.30. The van der Waals surface area contributed by atoms with Gasteiger partial charge in [0.1, 0.15) is 5.16 Å². The molecule has 1 aliphatic heterocycles. The Morgan fingerprint density at radius 3 is 2.91 bits per heavy atom. The highest BCUT2D eigenvalue weighted by atomic mass is 35.5. The van der Waals surface area contributed by atoms with Gasteiger partial charge in [0.2, 0.25) is 0 Å². The summed E-state index contributed by atoms with van der Waals surface area (Å²) in [5, 5.41) is 1.31. The molecule has 0 aromatic rings. The van der Waals surface area contributed by atoms with E-state index in [1.165, 1.54) is 0 Å². The van der Waals surface area contributed by atoms with Crippen molar-refractivity contribution in [3.8, 4) is 0 Å². The molecule has 0 aromatic heterocycles. The summed E-state index contributed by atoms with van der Waals surface area (Å²) in [5.74, 6) is 0.349. The summed E-state index contributed by atoms with van der Waals surface area (Å²) >= 11 is 11.6. The van der Waals surface area contributed by atoms with Crippen LogP contribution in [0.25, 0.3) is 0 Å². The number of hydrogen-bond acceptors (Lipinski definition) is 1. The summed E-state index contributed by atoms with van der Waals surface area (Å²) < 4.78 is 0. The van der Waals surface area contributed by atoms with Crippen molar-refractivity contribution in [3.63, 3.8) is 0 Å². The van der Waals surface area contributed by atoms with Gasteiger partial charge in [-0.3, -0.25) is 0 Å². The maximum atomic E-state index is 5.91. The molecule has 60 valence electrons. The van der Waals surface area contributed by atoms with Crippen LogP contribution in [0.3, 0.4) is 0 Å². The summed E-state index contributed by atoms with van der Waals surface area (Å²) in [4.78, 5) is 3.97. The van der Waals surface area contributed by atoms with Crippen LogP contribution in [0.1, 0.15) is 13.3 Å². The van der Waals surface area contributed by atoms with Gasteiger partial charge in [-0.05, 0) is 24.5 Å². The van der Waals surface area contributed by atoms with Crippen LogP contribution in [0.5, 0.6) is 0 Å². The molecule has 0 aromatic carbocycles. The van der Waals surface area contributed by atoms with Crippen molar-refractivity contribution >= 4 is 29.4 Å². The Morgan fingerprint density at radius 1 is 1.45 bits per heavy atom. The maximum absolute atomic E-state index is 5.91. The zero-order valence-electron chi connectivity index (χ0n) is 6.22. The van der Waals surface area contributed by atoms with Crippen LogP contribution in [0.4, 0.5) is 0 Å². The van der Waals surface area contributed by atoms with Crippen molar-refractivity contribution in [3.05, 3.63) is 22.3 Å². The summed E-state index contributed by atoms with van der Waals surface area (Å²) in [5.41, 5.74) is 0. The Kier molecular flexibility index (Phi) is 3.16. The fourth-order valence-electron chi connectivity index (χ4n) is 0.766. The van der Waals surface area contributed by atoms with Gasteiger partial charge in [0, 0.05) is 11.2 Å². The molecule has 11 heavy (non-hydrogen) atoms. The van der Waals surface area contributed by atoms with E-state index in [1.54, 1.807) is 18.4 Å². The number of hydrogen-bond donors (Lipinski definition) is 0. The molecule has 1 atom stereocenters. The number of rotatable bonds is 0. The lowest BCUT2D eigenvalue weighted by Crippen LogP contribution is -1.96. The molecule has 0 amide bonds. The highest BCUT2D eigenvalue weighted by Crippen LogP contribution is 2.20. The quantitative estimate of drug-likeness (QED) is 0.519. The number of nitrogens with zero attached hydrogens (tertiary/aromatic N) is 1. The van der Waals surface area contributed by atoms with Crippen molar-refractivity contribution in [2.24, 2.45) is 10.9 Å². The molecule has 1 heterocycles. The molecule has 0 saturated carbocycles. The van der Waals surface area contributed by atoms with E-state index in [-0.39, 0.29) is 0 Å². The van der Waals surface area contributed by atoms with Crippen molar-refractivity contribution in [1.82, 2.24) is 0 Å². The van der Waals surface area contributed by atoms with Crippen LogP contribution < -0.4 is 0 Å². The molecule has 0 saturated heterocycles. The Labute approximate surface area is 76.4 Å². The van der Waals surface area contributed by atoms with Gasteiger partial charge in [-0.1, -0.05) is 30.1 Å². The first-order chi connectivity index (χ1) is 5.20. The summed E-state index contributed by atoms with van der Waals surface area (Å²) in [6.45, 7) is 2.05. The second-order valence-electron chi connectivity index (χ2n) is 2.49. The summed E-state index contributed by atoms with van der Waals surface area (Å²) in [7, 11) is 0. The maximum Gasteiger partial charge on any atom is 0.128 e. The standard InChI is InChI=1S/C8H9Cl2N/c1-6-4-5-11-8(10)3-2-7(6)9/h2-3,5-6H,4H2,1H3/b7-2?,8-3-,11-5?. The molecule has 0 bridgehead atoms. The SMILES string of the molecule is CC1CC=N/C(Cl)=C\C=C1Cl. The average Bonchev–Trinajstić information content (AvgIpc) is 1.98. The smallest absolute Gasteiger partial charge is 0.128 e. The van der Waals surface area contributed by atoms with Crippen LogP contribution in [0.2, 0.25) is 0 Å². The number of allylic oxidation sites excluding steroid dienone is 3. The van der Waals surface area contributed by atoms with Gasteiger partial charge in [-0.2, -0.15) is 0 Å². The van der Waals surface area contributed by atoms with Crippen molar-refractivity contribution < 1.29 is 0 Å². The van der Waals surface area contributed by atoms with E-state index < -0.39 is 0 Å². The molecule has 1 rings (SSSR count). The van der Waals surface area contributed by atoms with Crippen LogP contribution >= 0.6 is 23.2 Å². The van der Waals surface area contributed by atoms with E-state index >= 15 is 0 Å². The van der Waals surface area contributed by atoms with Gasteiger partial charge in [-0.15, -0.1) is 0 Å². The molecule has 1 nitrogen and oxygen atoms in total. The third-order valence-corrected chi connectivity index (χ3v) is 2.25. The van der Waals surface area contributed by atoms with Crippen molar-refractivity contribution in [1.29, 1.82) is 0 Å². The topological polar surface area (TPSA) is 12.4 Å². The fourth-order valence-corrected chi connectivity index (χ4v) is 1.05. The molecule has 0 aliphatic carbocycles. The highest BCUT2D eigenvalue weighted by Gasteiger charge is 2.05. The summed E-state index contributed by atoms with van der Waals surface area (Å²) in [6.07, 6.45) is 6.14. The van der Waals surface area contributed by atoms with Crippen LogP contribution in [-0.4, -0.2) is 6.21 Å². The largest absolute Gasteiger partial charge is 0.249 e. The lowest BCUT2D eigenvalue weighted by Gasteiger charge is -2.07. The number of halogens is 2. The van der Waals surface area contributed by atoms with Gasteiger partial charge in [0.15, 0.2) is 0 Å². The van der Waals surface area contributed by atoms with Gasteiger partial charge < -0.3 is 0 Å². The lowest BCUT2D eigenvalue weighted by atomic mass is 10.1. The number of aliphatic imine (C=N–C) groups is 1. The zero-order valence-corrected chi connectivity index (χ0v) is 7.73. The average molecular weight is 190 g/mol. The van der Waals surface area contributed by atoms with Gasteiger partial charge in [0.05, 0.1) is 0 Å². The van der Waals surface area contributed by atoms with Crippen molar-refractivity contribution in [2.75, 3.05) is 0 Å². The van der Waals surface area contributed by atoms with E-state index in [0.29, 0.717) is 11.1 Å². The Balaban J connectivity index is 2.84. The van der Waals surface area contributed by atoms with Crippen molar-refractivity contribution in [2.45, 2.75) is 13.3 Å². The molecule has 0 spiro atoms. The Bertz CT molecular complexity index is 228. The third kappa shape index (κ3) is 2.68. The normalized spacial score (nSPS) is 29.9. The first kappa shape index (κ1) is 8.82. The minimum Gasteiger partial charge on any atom is -0.249 e. The summed E-state index contributed by atoms with van der Waals surface area (Å²) in [6, 6.07) is 0. The van der Waals surface area contributed by atoms with E-state index in [4.69, 9.17) is 23.2 Å². The minimum atomic E-state index is 0.349. The zero-order chi connectivity index (χ0) is 8.27. The van der Waals surface area contributed by atoms with Gasteiger partial charge in [0.25, 0.3) is 0 Å². The monoisotopic (exact) mass is 189 g/mol. The van der Waals surface area contributed by atoms with Crippen LogP contribution in [0, 0.1) is 5.92 Å². The molecule has 0 fully saturated rings.